The van der Waals surface area contributed by atoms with Gasteiger partial charge in [0.15, 0.2) is 0 Å². The fourth-order valence-electron chi connectivity index (χ4n) is 2.98. The number of methoxy groups -OCH3 is 1. The molecular weight excluding hydrogens is 318 g/mol. The Labute approximate surface area is 147 Å². The average Bonchev–Trinajstić information content (AvgIpc) is 2.67. The minimum atomic E-state index is -0.0412. The molecule has 2 aromatic rings. The first-order chi connectivity index (χ1) is 12.1. The third-order valence-corrected chi connectivity index (χ3v) is 4.40. The van der Waals surface area contributed by atoms with Crippen molar-refractivity contribution < 1.29 is 14.3 Å². The van der Waals surface area contributed by atoms with Crippen LogP contribution in [0, 0.1) is 6.92 Å². The number of carbonyl (C=O) groups is 2. The van der Waals surface area contributed by atoms with Crippen molar-refractivity contribution in [2.45, 2.75) is 6.92 Å². The van der Waals surface area contributed by atoms with Crippen LogP contribution in [0.15, 0.2) is 42.7 Å². The standard InChI is InChI=1S/C19H21N3O3/c1-14-12-15(5-6-17(14)25-2)18(23)21-8-10-22(11-9-21)19(24)16-4-3-7-20-13-16/h3-7,12-13H,8-11H2,1-2H3. The zero-order chi connectivity index (χ0) is 17.8. The highest BCUT2D eigenvalue weighted by Gasteiger charge is 2.25. The van der Waals surface area contributed by atoms with Gasteiger partial charge in [0.25, 0.3) is 11.8 Å². The maximum Gasteiger partial charge on any atom is 0.255 e. The van der Waals surface area contributed by atoms with Gasteiger partial charge in [-0.2, -0.15) is 0 Å². The second kappa shape index (κ2) is 7.34. The van der Waals surface area contributed by atoms with E-state index in [0.29, 0.717) is 37.3 Å². The topological polar surface area (TPSA) is 62.7 Å². The van der Waals surface area contributed by atoms with Gasteiger partial charge in [0.1, 0.15) is 5.75 Å². The summed E-state index contributed by atoms with van der Waals surface area (Å²) in [5, 5.41) is 0. The maximum atomic E-state index is 12.7. The van der Waals surface area contributed by atoms with Crippen molar-refractivity contribution in [2.75, 3.05) is 33.3 Å². The Kier molecular flexibility index (Phi) is 4.97. The number of rotatable bonds is 3. The molecule has 1 fully saturated rings. The Morgan fingerprint density at radius 1 is 1.00 bits per heavy atom. The van der Waals surface area contributed by atoms with Crippen molar-refractivity contribution in [3.8, 4) is 5.75 Å². The van der Waals surface area contributed by atoms with Crippen LogP contribution < -0.4 is 4.74 Å². The monoisotopic (exact) mass is 339 g/mol. The highest BCUT2D eigenvalue weighted by molar-refractivity contribution is 5.96. The molecule has 2 amide bonds. The predicted molar refractivity (Wildman–Crippen MR) is 93.8 cm³/mol. The first-order valence-electron chi connectivity index (χ1n) is 8.23. The summed E-state index contributed by atoms with van der Waals surface area (Å²) in [4.78, 5) is 32.6. The van der Waals surface area contributed by atoms with E-state index in [-0.39, 0.29) is 11.8 Å². The lowest BCUT2D eigenvalue weighted by Crippen LogP contribution is -2.50. The number of hydrogen-bond acceptors (Lipinski definition) is 4. The van der Waals surface area contributed by atoms with Gasteiger partial charge >= 0.3 is 0 Å². The number of pyridine rings is 1. The zero-order valence-electron chi connectivity index (χ0n) is 14.4. The van der Waals surface area contributed by atoms with Crippen LogP contribution in [0.2, 0.25) is 0 Å². The van der Waals surface area contributed by atoms with Crippen molar-refractivity contribution >= 4 is 11.8 Å². The number of carbonyl (C=O) groups excluding carboxylic acids is 2. The predicted octanol–water partition coefficient (Wildman–Crippen LogP) is 2.00. The van der Waals surface area contributed by atoms with Gasteiger partial charge in [-0.25, -0.2) is 0 Å². The Bertz CT molecular complexity index is 769. The van der Waals surface area contributed by atoms with E-state index in [1.165, 1.54) is 0 Å². The van der Waals surface area contributed by atoms with Crippen LogP contribution in [0.4, 0.5) is 0 Å². The van der Waals surface area contributed by atoms with E-state index in [1.807, 2.05) is 19.1 Å². The summed E-state index contributed by atoms with van der Waals surface area (Å²) in [6.07, 6.45) is 3.21. The molecule has 1 aromatic heterocycles. The number of ether oxygens (including phenoxy) is 1. The number of nitrogens with zero attached hydrogens (tertiary/aromatic N) is 3. The fourth-order valence-corrected chi connectivity index (χ4v) is 2.98. The molecule has 1 aliphatic heterocycles. The van der Waals surface area contributed by atoms with Crippen molar-refractivity contribution in [1.82, 2.24) is 14.8 Å². The highest BCUT2D eigenvalue weighted by Crippen LogP contribution is 2.20. The minimum Gasteiger partial charge on any atom is -0.496 e. The van der Waals surface area contributed by atoms with Gasteiger partial charge in [-0.3, -0.25) is 14.6 Å². The lowest BCUT2D eigenvalue weighted by atomic mass is 10.1. The summed E-state index contributed by atoms with van der Waals surface area (Å²) in [7, 11) is 1.61. The maximum absolute atomic E-state index is 12.7. The molecule has 1 saturated heterocycles. The van der Waals surface area contributed by atoms with E-state index in [0.717, 1.165) is 11.3 Å². The molecule has 0 unspecified atom stereocenters. The van der Waals surface area contributed by atoms with Gasteiger partial charge in [-0.15, -0.1) is 0 Å². The first kappa shape index (κ1) is 17.0. The SMILES string of the molecule is COc1ccc(C(=O)N2CCN(C(=O)c3cccnc3)CC2)cc1C. The van der Waals surface area contributed by atoms with Crippen molar-refractivity contribution in [3.05, 3.63) is 59.4 Å². The number of amides is 2. The lowest BCUT2D eigenvalue weighted by Gasteiger charge is -2.34. The van der Waals surface area contributed by atoms with E-state index < -0.39 is 0 Å². The van der Waals surface area contributed by atoms with Crippen LogP contribution in [-0.4, -0.2) is 59.9 Å². The van der Waals surface area contributed by atoms with Crippen molar-refractivity contribution in [1.29, 1.82) is 0 Å². The molecule has 6 nitrogen and oxygen atoms in total. The smallest absolute Gasteiger partial charge is 0.255 e. The molecule has 0 N–H and O–H groups in total. The molecule has 0 bridgehead atoms. The fraction of sp³-hybridized carbons (Fsp3) is 0.316. The van der Waals surface area contributed by atoms with Crippen molar-refractivity contribution in [2.24, 2.45) is 0 Å². The normalized spacial score (nSPS) is 14.3. The molecule has 0 aliphatic carbocycles. The second-order valence-electron chi connectivity index (χ2n) is 6.01. The molecule has 0 saturated carbocycles. The summed E-state index contributed by atoms with van der Waals surface area (Å²) in [5.74, 6) is 0.711. The number of benzene rings is 1. The van der Waals surface area contributed by atoms with Crippen LogP contribution in [-0.2, 0) is 0 Å². The minimum absolute atomic E-state index is 0.0146. The third-order valence-electron chi connectivity index (χ3n) is 4.40. The third kappa shape index (κ3) is 3.63. The zero-order valence-corrected chi connectivity index (χ0v) is 14.4. The summed E-state index contributed by atoms with van der Waals surface area (Å²) in [6.45, 7) is 4.01. The van der Waals surface area contributed by atoms with E-state index in [2.05, 4.69) is 4.98 Å². The Morgan fingerprint density at radius 2 is 1.64 bits per heavy atom. The Morgan fingerprint density at radius 3 is 2.16 bits per heavy atom. The second-order valence-corrected chi connectivity index (χ2v) is 6.01. The molecule has 1 aromatic carbocycles. The van der Waals surface area contributed by atoms with Crippen LogP contribution in [0.1, 0.15) is 26.3 Å². The van der Waals surface area contributed by atoms with Gasteiger partial charge in [0.05, 0.1) is 12.7 Å². The number of hydrogen-bond donors (Lipinski definition) is 0. The Hall–Kier alpha value is -2.89. The van der Waals surface area contributed by atoms with E-state index in [1.54, 1.807) is 47.5 Å². The molecule has 1 aliphatic rings. The molecule has 25 heavy (non-hydrogen) atoms. The van der Waals surface area contributed by atoms with Crippen molar-refractivity contribution in [3.63, 3.8) is 0 Å². The van der Waals surface area contributed by atoms with E-state index in [9.17, 15) is 9.59 Å². The van der Waals surface area contributed by atoms with Gasteiger partial charge < -0.3 is 14.5 Å². The quantitative estimate of drug-likeness (QED) is 0.858. The number of aromatic nitrogens is 1. The summed E-state index contributed by atoms with van der Waals surface area (Å²) < 4.78 is 5.23. The molecule has 6 heteroatoms. The summed E-state index contributed by atoms with van der Waals surface area (Å²) in [6, 6.07) is 8.94. The molecule has 3 rings (SSSR count). The average molecular weight is 339 g/mol. The number of aryl methyl sites for hydroxylation is 1. The molecule has 130 valence electrons. The molecule has 0 spiro atoms. The molecule has 0 atom stereocenters. The van der Waals surface area contributed by atoms with Gasteiger partial charge in [0.2, 0.25) is 0 Å². The largest absolute Gasteiger partial charge is 0.496 e. The summed E-state index contributed by atoms with van der Waals surface area (Å²) in [5.41, 5.74) is 2.15. The first-order valence-corrected chi connectivity index (χ1v) is 8.23. The van der Waals surface area contributed by atoms with Crippen LogP contribution >= 0.6 is 0 Å². The van der Waals surface area contributed by atoms with Crippen LogP contribution in [0.25, 0.3) is 0 Å². The molecular formula is C19H21N3O3. The molecule has 0 radical (unpaired) electrons. The lowest BCUT2D eigenvalue weighted by molar-refractivity contribution is 0.0535. The number of piperazine rings is 1. The van der Waals surface area contributed by atoms with Gasteiger partial charge in [-0.05, 0) is 42.8 Å². The summed E-state index contributed by atoms with van der Waals surface area (Å²) >= 11 is 0. The van der Waals surface area contributed by atoms with Crippen LogP contribution in [0.5, 0.6) is 5.75 Å². The van der Waals surface area contributed by atoms with E-state index >= 15 is 0 Å². The molecule has 2 heterocycles. The van der Waals surface area contributed by atoms with Gasteiger partial charge in [-0.1, -0.05) is 0 Å². The van der Waals surface area contributed by atoms with Crippen LogP contribution in [0.3, 0.4) is 0 Å². The van der Waals surface area contributed by atoms with E-state index in [4.69, 9.17) is 4.74 Å². The van der Waals surface area contributed by atoms with Gasteiger partial charge in [0, 0.05) is 44.1 Å². The highest BCUT2D eigenvalue weighted by atomic mass is 16.5. The Balaban J connectivity index is 1.63.